The van der Waals surface area contributed by atoms with Crippen LogP contribution in [0.3, 0.4) is 0 Å². The normalized spacial score (nSPS) is 43.8. The molecule has 5 nitrogen and oxygen atoms in total. The summed E-state index contributed by atoms with van der Waals surface area (Å²) in [6.45, 7) is 6.29. The largest absolute Gasteiger partial charge is 0.320 e. The number of rotatable bonds is 7. The maximum atomic E-state index is 12.6. The molecule has 0 radical (unpaired) electrons. The zero-order valence-electron chi connectivity index (χ0n) is 18.3. The van der Waals surface area contributed by atoms with Crippen LogP contribution >= 0.6 is 0 Å². The molecule has 3 fully saturated rings. The fourth-order valence-electron chi connectivity index (χ4n) is 7.38. The summed E-state index contributed by atoms with van der Waals surface area (Å²) in [5.41, 5.74) is 4.42. The van der Waals surface area contributed by atoms with Crippen LogP contribution in [-0.4, -0.2) is 32.3 Å². The average molecular weight is 403 g/mol. The second kappa shape index (κ2) is 8.14. The summed E-state index contributed by atoms with van der Waals surface area (Å²) in [7, 11) is 1.95. The Kier molecular flexibility index (Phi) is 5.91. The molecule has 0 bridgehead atoms. The Balaban J connectivity index is 1.51. The SMILES string of the molecule is CNCCCONC1=CC2CC(C=O)[C@@H]3[C@H](CC[C@]4(C)C(=O)CC[C@@H]34)[C@@]2(C)CC1. The van der Waals surface area contributed by atoms with Crippen molar-refractivity contribution < 1.29 is 14.4 Å². The van der Waals surface area contributed by atoms with E-state index in [1.807, 2.05) is 7.05 Å². The third-order valence-electron chi connectivity index (χ3n) is 9.14. The maximum absolute atomic E-state index is 12.6. The Morgan fingerprint density at radius 3 is 2.79 bits per heavy atom. The summed E-state index contributed by atoms with van der Waals surface area (Å²) in [5.74, 6) is 2.29. The summed E-state index contributed by atoms with van der Waals surface area (Å²) in [6.07, 6.45) is 11.4. The van der Waals surface area contributed by atoms with Crippen molar-refractivity contribution >= 4 is 12.1 Å². The lowest BCUT2D eigenvalue weighted by Gasteiger charge is -2.60. The topological polar surface area (TPSA) is 67.4 Å². The van der Waals surface area contributed by atoms with E-state index in [0.29, 0.717) is 36.1 Å². The predicted octanol–water partition coefficient (Wildman–Crippen LogP) is 3.65. The van der Waals surface area contributed by atoms with E-state index in [4.69, 9.17) is 4.84 Å². The molecular formula is C24H38N2O3. The molecule has 2 unspecified atom stereocenters. The van der Waals surface area contributed by atoms with Crippen LogP contribution in [-0.2, 0) is 14.4 Å². The lowest BCUT2D eigenvalue weighted by atomic mass is 9.44. The molecule has 0 amide bonds. The van der Waals surface area contributed by atoms with E-state index < -0.39 is 0 Å². The van der Waals surface area contributed by atoms with Crippen molar-refractivity contribution in [1.82, 2.24) is 10.8 Å². The number of Topliss-reactive ketones (excluding diaryl/α,β-unsaturated/α-hetero) is 1. The average Bonchev–Trinajstić information content (AvgIpc) is 3.02. The van der Waals surface area contributed by atoms with E-state index in [1.165, 1.54) is 12.0 Å². The molecule has 162 valence electrons. The number of carbonyl (C=O) groups excluding carboxylic acids is 2. The zero-order valence-corrected chi connectivity index (χ0v) is 18.3. The minimum absolute atomic E-state index is 0.0840. The number of hydrogen-bond donors (Lipinski definition) is 2. The molecular weight excluding hydrogens is 364 g/mol. The minimum atomic E-state index is -0.177. The Morgan fingerprint density at radius 1 is 1.21 bits per heavy atom. The summed E-state index contributed by atoms with van der Waals surface area (Å²) in [6, 6.07) is 0. The van der Waals surface area contributed by atoms with Gasteiger partial charge in [-0.25, -0.2) is 0 Å². The summed E-state index contributed by atoms with van der Waals surface area (Å²) in [5, 5.41) is 3.13. The van der Waals surface area contributed by atoms with Crippen molar-refractivity contribution in [3.8, 4) is 0 Å². The maximum Gasteiger partial charge on any atom is 0.139 e. The van der Waals surface area contributed by atoms with E-state index in [0.717, 1.165) is 57.9 Å². The van der Waals surface area contributed by atoms with Gasteiger partial charge in [-0.05, 0) is 87.6 Å². The Labute approximate surface area is 175 Å². The van der Waals surface area contributed by atoms with E-state index in [2.05, 4.69) is 30.7 Å². The Hall–Kier alpha value is -1.20. The van der Waals surface area contributed by atoms with Gasteiger partial charge in [-0.1, -0.05) is 19.9 Å². The fraction of sp³-hybridized carbons (Fsp3) is 0.833. The molecule has 2 N–H and O–H groups in total. The summed E-state index contributed by atoms with van der Waals surface area (Å²) >= 11 is 0. The monoisotopic (exact) mass is 402 g/mol. The van der Waals surface area contributed by atoms with Crippen molar-refractivity contribution in [2.24, 2.45) is 40.4 Å². The van der Waals surface area contributed by atoms with Gasteiger partial charge in [0.25, 0.3) is 0 Å². The molecule has 7 atom stereocenters. The molecule has 0 aromatic heterocycles. The smallest absolute Gasteiger partial charge is 0.139 e. The molecule has 3 saturated carbocycles. The highest BCUT2D eigenvalue weighted by Gasteiger charge is 2.62. The molecule has 0 aliphatic heterocycles. The van der Waals surface area contributed by atoms with Crippen LogP contribution in [0.1, 0.15) is 65.2 Å². The van der Waals surface area contributed by atoms with Crippen LogP contribution in [0.15, 0.2) is 11.8 Å². The minimum Gasteiger partial charge on any atom is -0.320 e. The lowest BCUT2D eigenvalue weighted by Crippen LogP contribution is -2.56. The third-order valence-corrected chi connectivity index (χ3v) is 9.14. The molecule has 4 aliphatic rings. The van der Waals surface area contributed by atoms with Crippen molar-refractivity contribution in [2.75, 3.05) is 20.2 Å². The third kappa shape index (κ3) is 3.48. The standard InChI is InChI=1S/C24H38N2O3/c1-23-9-7-18(26-29-12-4-11-25-3)14-17(23)13-16(15-27)22-19-5-6-21(28)24(19,2)10-8-20(22)23/h14-17,19-20,22,25-26H,4-13H2,1-3H3/t16?,17?,19-,20-,22-,23-,24-/m0/s1. The second-order valence-corrected chi connectivity index (χ2v) is 10.5. The van der Waals surface area contributed by atoms with Crippen LogP contribution in [0, 0.1) is 40.4 Å². The highest BCUT2D eigenvalue weighted by atomic mass is 16.6. The van der Waals surface area contributed by atoms with Gasteiger partial charge in [0.05, 0.1) is 6.61 Å². The molecule has 0 saturated heterocycles. The van der Waals surface area contributed by atoms with Crippen LogP contribution in [0.25, 0.3) is 0 Å². The quantitative estimate of drug-likeness (QED) is 0.387. The first-order valence-corrected chi connectivity index (χ1v) is 11.7. The number of aldehydes is 1. The Morgan fingerprint density at radius 2 is 2.03 bits per heavy atom. The van der Waals surface area contributed by atoms with Gasteiger partial charge in [-0.3, -0.25) is 15.1 Å². The van der Waals surface area contributed by atoms with Crippen LogP contribution in [0.2, 0.25) is 0 Å². The van der Waals surface area contributed by atoms with Crippen LogP contribution in [0.5, 0.6) is 0 Å². The number of nitrogens with one attached hydrogen (secondary N) is 2. The first-order valence-electron chi connectivity index (χ1n) is 11.7. The van der Waals surface area contributed by atoms with Gasteiger partial charge in [0.1, 0.15) is 12.1 Å². The van der Waals surface area contributed by atoms with Crippen molar-refractivity contribution in [3.05, 3.63) is 11.8 Å². The van der Waals surface area contributed by atoms with Gasteiger partial charge in [-0.2, -0.15) is 0 Å². The van der Waals surface area contributed by atoms with Gasteiger partial charge in [-0.15, -0.1) is 0 Å². The lowest BCUT2D eigenvalue weighted by molar-refractivity contribution is -0.146. The molecule has 0 aromatic rings. The van der Waals surface area contributed by atoms with Crippen LogP contribution < -0.4 is 10.8 Å². The molecule has 4 rings (SSSR count). The van der Waals surface area contributed by atoms with Gasteiger partial charge >= 0.3 is 0 Å². The number of allylic oxidation sites excluding steroid dienone is 2. The predicted molar refractivity (Wildman–Crippen MR) is 113 cm³/mol. The number of hydroxylamine groups is 1. The van der Waals surface area contributed by atoms with E-state index in [1.54, 1.807) is 0 Å². The highest BCUT2D eigenvalue weighted by molar-refractivity contribution is 5.87. The Bertz CT molecular complexity index is 677. The molecule has 29 heavy (non-hydrogen) atoms. The molecule has 0 heterocycles. The number of carbonyl (C=O) groups is 2. The van der Waals surface area contributed by atoms with Gasteiger partial charge < -0.3 is 10.1 Å². The van der Waals surface area contributed by atoms with Gasteiger partial charge in [0, 0.05) is 23.5 Å². The van der Waals surface area contributed by atoms with E-state index in [9.17, 15) is 9.59 Å². The van der Waals surface area contributed by atoms with Crippen molar-refractivity contribution in [1.29, 1.82) is 0 Å². The number of fused-ring (bicyclic) bond motifs is 5. The van der Waals surface area contributed by atoms with E-state index >= 15 is 0 Å². The second-order valence-electron chi connectivity index (χ2n) is 10.5. The first kappa shape index (κ1) is 21.0. The molecule has 0 aromatic carbocycles. The molecule has 5 heteroatoms. The fourth-order valence-corrected chi connectivity index (χ4v) is 7.38. The van der Waals surface area contributed by atoms with Crippen molar-refractivity contribution in [2.45, 2.75) is 65.2 Å². The van der Waals surface area contributed by atoms with Gasteiger partial charge in [0.2, 0.25) is 0 Å². The van der Waals surface area contributed by atoms with E-state index in [-0.39, 0.29) is 16.7 Å². The molecule has 4 aliphatic carbocycles. The number of hydrogen-bond acceptors (Lipinski definition) is 5. The molecule has 0 spiro atoms. The number of ketones is 1. The highest BCUT2D eigenvalue weighted by Crippen LogP contribution is 2.66. The summed E-state index contributed by atoms with van der Waals surface area (Å²) < 4.78 is 0. The van der Waals surface area contributed by atoms with Crippen molar-refractivity contribution in [3.63, 3.8) is 0 Å². The van der Waals surface area contributed by atoms with Crippen LogP contribution in [0.4, 0.5) is 0 Å². The zero-order chi connectivity index (χ0) is 20.6. The first-order chi connectivity index (χ1) is 13.9. The summed E-state index contributed by atoms with van der Waals surface area (Å²) in [4.78, 5) is 30.5. The van der Waals surface area contributed by atoms with Gasteiger partial charge in [0.15, 0.2) is 0 Å².